The summed E-state index contributed by atoms with van der Waals surface area (Å²) >= 11 is 5.91. The summed E-state index contributed by atoms with van der Waals surface area (Å²) in [6, 6.07) is 4.81. The van der Waals surface area contributed by atoms with Gasteiger partial charge < -0.3 is 4.42 Å². The summed E-state index contributed by atoms with van der Waals surface area (Å²) in [5.41, 5.74) is -0.0862. The van der Waals surface area contributed by atoms with Gasteiger partial charge in [0.25, 0.3) is 0 Å². The molecule has 2 rings (SSSR count). The molecule has 0 atom stereocenters. The highest BCUT2D eigenvalue weighted by Gasteiger charge is 2.10. The Morgan fingerprint density at radius 3 is 2.72 bits per heavy atom. The van der Waals surface area contributed by atoms with E-state index in [0.717, 1.165) is 6.42 Å². The Bertz CT molecular complexity index is 685. The summed E-state index contributed by atoms with van der Waals surface area (Å²) in [6.45, 7) is 4.65. The monoisotopic (exact) mass is 267 g/mol. The molecule has 1 heterocycles. The van der Waals surface area contributed by atoms with E-state index in [9.17, 15) is 9.59 Å². The number of nitrogens with zero attached hydrogens (tertiary/aromatic N) is 1. The largest absolute Gasteiger partial charge is 0.422 e. The highest BCUT2D eigenvalue weighted by molar-refractivity contribution is 6.31. The molecule has 0 spiro atoms. The summed E-state index contributed by atoms with van der Waals surface area (Å²) in [4.78, 5) is 23.3. The van der Waals surface area contributed by atoms with Crippen molar-refractivity contribution in [1.29, 1.82) is 0 Å². The second-order valence-corrected chi connectivity index (χ2v) is 5.09. The predicted molar refractivity (Wildman–Crippen MR) is 71.2 cm³/mol. The molecule has 0 aliphatic carbocycles. The molecule has 4 nitrogen and oxygen atoms in total. The third-order valence-electron chi connectivity index (χ3n) is 2.80. The van der Waals surface area contributed by atoms with Crippen LogP contribution in [0.5, 0.6) is 0 Å². The van der Waals surface area contributed by atoms with Gasteiger partial charge >= 0.3 is 11.4 Å². The molecule has 0 saturated heterocycles. The lowest BCUT2D eigenvalue weighted by Gasteiger charge is -2.10. The molecular formula is C13H14ClNO3. The van der Waals surface area contributed by atoms with Gasteiger partial charge in [0, 0.05) is 11.6 Å². The Labute approximate surface area is 109 Å². The second-order valence-electron chi connectivity index (χ2n) is 4.65. The first kappa shape index (κ1) is 12.9. The molecule has 1 aromatic carbocycles. The number of aryl methyl sites for hydroxylation is 1. The third-order valence-corrected chi connectivity index (χ3v) is 3.04. The number of hydrogen-bond acceptors (Lipinski definition) is 3. The minimum absolute atomic E-state index is 0.378. The molecule has 0 fully saturated rings. The first-order valence-corrected chi connectivity index (χ1v) is 6.20. The van der Waals surface area contributed by atoms with Crippen molar-refractivity contribution in [2.45, 2.75) is 26.8 Å². The maximum absolute atomic E-state index is 11.7. The van der Waals surface area contributed by atoms with Crippen LogP contribution in [0, 0.1) is 5.92 Å². The summed E-state index contributed by atoms with van der Waals surface area (Å²) in [7, 11) is 0. The zero-order chi connectivity index (χ0) is 13.3. The molecule has 0 unspecified atom stereocenters. The molecule has 0 bridgehead atoms. The van der Waals surface area contributed by atoms with Crippen molar-refractivity contribution in [3.63, 3.8) is 0 Å². The maximum Gasteiger partial charge on any atom is 0.422 e. The van der Waals surface area contributed by atoms with Crippen LogP contribution in [0.4, 0.5) is 0 Å². The van der Waals surface area contributed by atoms with Gasteiger partial charge in [-0.2, -0.15) is 0 Å². The van der Waals surface area contributed by atoms with Crippen molar-refractivity contribution in [3.8, 4) is 0 Å². The fourth-order valence-electron chi connectivity index (χ4n) is 1.79. The number of hydrogen-bond donors (Lipinski definition) is 0. The molecule has 96 valence electrons. The number of aromatic nitrogens is 1. The molecule has 2 aromatic rings. The molecule has 1 aromatic heterocycles. The Morgan fingerprint density at radius 1 is 1.33 bits per heavy atom. The van der Waals surface area contributed by atoms with Crippen LogP contribution < -0.4 is 11.4 Å². The topological polar surface area (TPSA) is 52.2 Å². The predicted octanol–water partition coefficient (Wildman–Crippen LogP) is 2.65. The quantitative estimate of drug-likeness (QED) is 0.859. The molecule has 0 aliphatic rings. The lowest BCUT2D eigenvalue weighted by Crippen LogP contribution is -2.25. The van der Waals surface area contributed by atoms with Crippen LogP contribution in [0.15, 0.2) is 32.2 Å². The van der Waals surface area contributed by atoms with Crippen LogP contribution in [-0.4, -0.2) is 4.57 Å². The molecule has 18 heavy (non-hydrogen) atoms. The first-order chi connectivity index (χ1) is 8.49. The average molecular weight is 268 g/mol. The lowest BCUT2D eigenvalue weighted by atomic mass is 10.1. The Balaban J connectivity index is 2.67. The highest BCUT2D eigenvalue weighted by atomic mass is 35.5. The zero-order valence-electron chi connectivity index (χ0n) is 10.3. The SMILES string of the molecule is CC(C)CCn1c(=O)oc(=O)c2ccc(Cl)cc21. The fraction of sp³-hybridized carbons (Fsp3) is 0.385. The lowest BCUT2D eigenvalue weighted by molar-refractivity contribution is 0.400. The van der Waals surface area contributed by atoms with E-state index in [-0.39, 0.29) is 0 Å². The van der Waals surface area contributed by atoms with Crippen molar-refractivity contribution in [1.82, 2.24) is 4.57 Å². The van der Waals surface area contributed by atoms with Crippen molar-refractivity contribution < 1.29 is 4.42 Å². The van der Waals surface area contributed by atoms with E-state index in [4.69, 9.17) is 16.0 Å². The highest BCUT2D eigenvalue weighted by Crippen LogP contribution is 2.16. The number of rotatable bonds is 3. The molecule has 0 saturated carbocycles. The third kappa shape index (κ3) is 2.48. The Morgan fingerprint density at radius 2 is 2.06 bits per heavy atom. The first-order valence-electron chi connectivity index (χ1n) is 5.82. The summed E-state index contributed by atoms with van der Waals surface area (Å²) < 4.78 is 6.16. The van der Waals surface area contributed by atoms with E-state index in [1.807, 2.05) is 0 Å². The van der Waals surface area contributed by atoms with Gasteiger partial charge in [-0.1, -0.05) is 25.4 Å². The Hall–Kier alpha value is -1.55. The van der Waals surface area contributed by atoms with Gasteiger partial charge in [0.05, 0.1) is 10.9 Å². The van der Waals surface area contributed by atoms with Crippen LogP contribution in [-0.2, 0) is 6.54 Å². The molecule has 0 radical (unpaired) electrons. The minimum Gasteiger partial charge on any atom is -0.372 e. The summed E-state index contributed by atoms with van der Waals surface area (Å²) in [6.07, 6.45) is 0.829. The molecular weight excluding hydrogens is 254 g/mol. The van der Waals surface area contributed by atoms with Gasteiger partial charge in [-0.05, 0) is 30.5 Å². The Kier molecular flexibility index (Phi) is 3.57. The molecule has 0 N–H and O–H groups in total. The van der Waals surface area contributed by atoms with E-state index in [2.05, 4.69) is 13.8 Å². The van der Waals surface area contributed by atoms with Crippen LogP contribution in [0.1, 0.15) is 20.3 Å². The van der Waals surface area contributed by atoms with Crippen LogP contribution in [0.3, 0.4) is 0 Å². The van der Waals surface area contributed by atoms with E-state index < -0.39 is 11.4 Å². The number of halogens is 1. The minimum atomic E-state index is -0.629. The molecule has 0 aliphatic heterocycles. The fourth-order valence-corrected chi connectivity index (χ4v) is 1.95. The standard InChI is InChI=1S/C13H14ClNO3/c1-8(2)5-6-15-11-7-9(14)3-4-10(11)12(16)18-13(15)17/h3-4,7-8H,5-6H2,1-2H3. The van der Waals surface area contributed by atoms with Crippen LogP contribution in [0.2, 0.25) is 5.02 Å². The van der Waals surface area contributed by atoms with Gasteiger partial charge in [0.15, 0.2) is 0 Å². The van der Waals surface area contributed by atoms with Gasteiger partial charge in [0.1, 0.15) is 0 Å². The zero-order valence-corrected chi connectivity index (χ0v) is 11.0. The van der Waals surface area contributed by atoms with Crippen molar-refractivity contribution in [2.24, 2.45) is 5.92 Å². The van der Waals surface area contributed by atoms with Gasteiger partial charge in [-0.25, -0.2) is 9.59 Å². The van der Waals surface area contributed by atoms with Crippen LogP contribution in [0.25, 0.3) is 10.9 Å². The van der Waals surface area contributed by atoms with Crippen molar-refractivity contribution in [2.75, 3.05) is 0 Å². The van der Waals surface area contributed by atoms with E-state index in [1.165, 1.54) is 4.57 Å². The van der Waals surface area contributed by atoms with E-state index >= 15 is 0 Å². The molecule has 0 amide bonds. The second kappa shape index (κ2) is 4.98. The summed E-state index contributed by atoms with van der Waals surface area (Å²) in [5, 5.41) is 0.869. The van der Waals surface area contributed by atoms with Gasteiger partial charge in [0.2, 0.25) is 0 Å². The number of fused-ring (bicyclic) bond motifs is 1. The normalized spacial score (nSPS) is 11.3. The van der Waals surface area contributed by atoms with Gasteiger partial charge in [-0.15, -0.1) is 0 Å². The van der Waals surface area contributed by atoms with E-state index in [0.29, 0.717) is 28.4 Å². The average Bonchev–Trinajstić information content (AvgIpc) is 2.27. The summed E-state index contributed by atoms with van der Waals surface area (Å²) in [5.74, 6) is -0.173. The molecule has 5 heteroatoms. The maximum atomic E-state index is 11.7. The van der Waals surface area contributed by atoms with Crippen molar-refractivity contribution >= 4 is 22.5 Å². The van der Waals surface area contributed by atoms with Crippen molar-refractivity contribution in [3.05, 3.63) is 44.2 Å². The number of benzene rings is 1. The smallest absolute Gasteiger partial charge is 0.372 e. The van der Waals surface area contributed by atoms with Gasteiger partial charge in [-0.3, -0.25) is 4.57 Å². The van der Waals surface area contributed by atoms with Crippen LogP contribution >= 0.6 is 11.6 Å². The van der Waals surface area contributed by atoms with E-state index in [1.54, 1.807) is 18.2 Å².